The zero-order valence-corrected chi connectivity index (χ0v) is 12.7. The van der Waals surface area contributed by atoms with Crippen molar-refractivity contribution in [1.82, 2.24) is 5.43 Å². The molecule has 0 unspecified atom stereocenters. The van der Waals surface area contributed by atoms with Crippen molar-refractivity contribution in [3.63, 3.8) is 0 Å². The van der Waals surface area contributed by atoms with E-state index in [4.69, 9.17) is 11.6 Å². The molecule has 0 aliphatic heterocycles. The van der Waals surface area contributed by atoms with Crippen LogP contribution in [0.2, 0.25) is 5.02 Å². The molecule has 0 saturated carbocycles. The van der Waals surface area contributed by atoms with Gasteiger partial charge in [0.1, 0.15) is 5.82 Å². The number of rotatable bonds is 5. The number of halogens is 2. The van der Waals surface area contributed by atoms with Crippen LogP contribution in [0.3, 0.4) is 0 Å². The van der Waals surface area contributed by atoms with Crippen LogP contribution in [0.4, 0.5) is 10.1 Å². The van der Waals surface area contributed by atoms with E-state index in [1.54, 1.807) is 36.4 Å². The summed E-state index contributed by atoms with van der Waals surface area (Å²) in [6, 6.07) is 11.5. The Hall–Kier alpha value is -2.40. The molecule has 0 atom stereocenters. The van der Waals surface area contributed by atoms with Gasteiger partial charge in [-0.2, -0.15) is 5.10 Å². The Bertz CT molecular complexity index is 704. The topological polar surface area (TPSA) is 53.5 Å². The lowest BCUT2D eigenvalue weighted by Crippen LogP contribution is -2.26. The summed E-state index contributed by atoms with van der Waals surface area (Å²) in [4.78, 5) is 11.7. The molecule has 1 amide bonds. The maximum Gasteiger partial charge on any atom is 0.259 e. The number of hydrogen-bond donors (Lipinski definition) is 2. The largest absolute Gasteiger partial charge is 0.376 e. The summed E-state index contributed by atoms with van der Waals surface area (Å²) in [5.41, 5.74) is 4.40. The molecule has 0 fully saturated rings. The van der Waals surface area contributed by atoms with Gasteiger partial charge in [0.25, 0.3) is 5.91 Å². The predicted octanol–water partition coefficient (Wildman–Crippen LogP) is 3.35. The summed E-state index contributed by atoms with van der Waals surface area (Å²) in [5.74, 6) is -0.725. The maximum atomic E-state index is 13.3. The molecule has 0 saturated heterocycles. The molecule has 2 N–H and O–H groups in total. The molecular formula is C16H15ClFN3O. The van der Waals surface area contributed by atoms with E-state index in [0.29, 0.717) is 10.6 Å². The van der Waals surface area contributed by atoms with Crippen molar-refractivity contribution in [2.24, 2.45) is 5.10 Å². The Morgan fingerprint density at radius 2 is 2.09 bits per heavy atom. The quantitative estimate of drug-likeness (QED) is 0.656. The second kappa shape index (κ2) is 7.56. The third-order valence-corrected chi connectivity index (χ3v) is 3.16. The van der Waals surface area contributed by atoms with Crippen molar-refractivity contribution in [2.45, 2.75) is 6.92 Å². The highest BCUT2D eigenvalue weighted by atomic mass is 35.5. The molecule has 0 aromatic heterocycles. The average Bonchev–Trinajstić information content (AvgIpc) is 2.48. The number of nitrogens with zero attached hydrogens (tertiary/aromatic N) is 1. The number of hydrogen-bond acceptors (Lipinski definition) is 3. The first-order valence-electron chi connectivity index (χ1n) is 6.63. The number of nitrogens with one attached hydrogen (secondary N) is 2. The second-order valence-electron chi connectivity index (χ2n) is 4.63. The zero-order chi connectivity index (χ0) is 15.9. The molecular weight excluding hydrogens is 305 g/mol. The standard InChI is InChI=1S/C16H15ClFN3O/c1-11-8-13(17)6-7-15(11)19-10-16(22)21-20-9-12-4-2-3-5-14(12)18/h2-9,19H,10H2,1H3,(H,21,22)/b20-9-. The minimum atomic E-state index is -0.393. The van der Waals surface area contributed by atoms with E-state index < -0.39 is 5.82 Å². The lowest BCUT2D eigenvalue weighted by Gasteiger charge is -2.08. The molecule has 0 aliphatic carbocycles. The Kier molecular flexibility index (Phi) is 5.49. The fourth-order valence-corrected chi connectivity index (χ4v) is 2.02. The van der Waals surface area contributed by atoms with E-state index in [1.165, 1.54) is 12.3 Å². The second-order valence-corrected chi connectivity index (χ2v) is 5.06. The number of benzene rings is 2. The maximum absolute atomic E-state index is 13.3. The van der Waals surface area contributed by atoms with Gasteiger partial charge in [-0.05, 0) is 36.8 Å². The lowest BCUT2D eigenvalue weighted by atomic mass is 10.2. The van der Waals surface area contributed by atoms with E-state index in [2.05, 4.69) is 15.8 Å². The summed E-state index contributed by atoms with van der Waals surface area (Å²) in [6.07, 6.45) is 1.26. The van der Waals surface area contributed by atoms with Crippen LogP contribution in [-0.2, 0) is 4.79 Å². The van der Waals surface area contributed by atoms with E-state index in [0.717, 1.165) is 11.3 Å². The van der Waals surface area contributed by atoms with Crippen molar-refractivity contribution >= 4 is 29.4 Å². The van der Waals surface area contributed by atoms with Gasteiger partial charge in [-0.3, -0.25) is 4.79 Å². The van der Waals surface area contributed by atoms with Crippen LogP contribution in [0.25, 0.3) is 0 Å². The normalized spacial score (nSPS) is 10.7. The number of carbonyl (C=O) groups is 1. The van der Waals surface area contributed by atoms with Crippen LogP contribution in [0.15, 0.2) is 47.6 Å². The molecule has 114 valence electrons. The number of anilines is 1. The van der Waals surface area contributed by atoms with Gasteiger partial charge in [0, 0.05) is 16.3 Å². The number of carbonyl (C=O) groups excluding carboxylic acids is 1. The van der Waals surface area contributed by atoms with Gasteiger partial charge in [-0.1, -0.05) is 29.8 Å². The summed E-state index contributed by atoms with van der Waals surface area (Å²) >= 11 is 5.86. The molecule has 0 aliphatic rings. The van der Waals surface area contributed by atoms with Crippen molar-refractivity contribution < 1.29 is 9.18 Å². The molecule has 0 heterocycles. The van der Waals surface area contributed by atoms with Gasteiger partial charge >= 0.3 is 0 Å². The molecule has 22 heavy (non-hydrogen) atoms. The van der Waals surface area contributed by atoms with E-state index in [1.807, 2.05) is 6.92 Å². The number of aryl methyl sites for hydroxylation is 1. The third-order valence-electron chi connectivity index (χ3n) is 2.93. The fourth-order valence-electron chi connectivity index (χ4n) is 1.79. The van der Waals surface area contributed by atoms with Gasteiger partial charge < -0.3 is 5.32 Å². The molecule has 0 bridgehead atoms. The minimum Gasteiger partial charge on any atom is -0.376 e. The number of hydrazone groups is 1. The minimum absolute atomic E-state index is 0.0527. The van der Waals surface area contributed by atoms with E-state index >= 15 is 0 Å². The summed E-state index contributed by atoms with van der Waals surface area (Å²) in [7, 11) is 0. The van der Waals surface area contributed by atoms with Gasteiger partial charge in [-0.25, -0.2) is 9.82 Å². The lowest BCUT2D eigenvalue weighted by molar-refractivity contribution is -0.119. The van der Waals surface area contributed by atoms with Crippen LogP contribution in [0, 0.1) is 12.7 Å². The van der Waals surface area contributed by atoms with Crippen molar-refractivity contribution in [2.75, 3.05) is 11.9 Å². The van der Waals surface area contributed by atoms with Crippen LogP contribution in [0.1, 0.15) is 11.1 Å². The van der Waals surface area contributed by atoms with Gasteiger partial charge in [0.2, 0.25) is 0 Å². The van der Waals surface area contributed by atoms with Crippen molar-refractivity contribution in [1.29, 1.82) is 0 Å². The van der Waals surface area contributed by atoms with Crippen LogP contribution >= 0.6 is 11.6 Å². The van der Waals surface area contributed by atoms with Gasteiger partial charge in [0.15, 0.2) is 0 Å². The highest BCUT2D eigenvalue weighted by molar-refractivity contribution is 6.30. The molecule has 2 aromatic carbocycles. The molecule has 6 heteroatoms. The SMILES string of the molecule is Cc1cc(Cl)ccc1NCC(=O)N/N=C\c1ccccc1F. The first-order valence-corrected chi connectivity index (χ1v) is 7.00. The van der Waals surface area contributed by atoms with Gasteiger partial charge in [-0.15, -0.1) is 0 Å². The highest BCUT2D eigenvalue weighted by Crippen LogP contribution is 2.19. The van der Waals surface area contributed by atoms with Crippen LogP contribution < -0.4 is 10.7 Å². The number of amides is 1. The zero-order valence-electron chi connectivity index (χ0n) is 11.9. The van der Waals surface area contributed by atoms with Crippen molar-refractivity contribution in [3.05, 3.63) is 64.4 Å². The third kappa shape index (κ3) is 4.56. The Morgan fingerprint density at radius 3 is 2.82 bits per heavy atom. The van der Waals surface area contributed by atoms with E-state index in [9.17, 15) is 9.18 Å². The van der Waals surface area contributed by atoms with Gasteiger partial charge in [0.05, 0.1) is 12.8 Å². The van der Waals surface area contributed by atoms with E-state index in [-0.39, 0.29) is 12.5 Å². The Morgan fingerprint density at radius 1 is 1.32 bits per heavy atom. The Balaban J connectivity index is 1.84. The predicted molar refractivity (Wildman–Crippen MR) is 86.8 cm³/mol. The first kappa shape index (κ1) is 16.0. The Labute approximate surface area is 133 Å². The van der Waals surface area contributed by atoms with Crippen LogP contribution in [-0.4, -0.2) is 18.7 Å². The smallest absolute Gasteiger partial charge is 0.259 e. The average molecular weight is 320 g/mol. The van der Waals surface area contributed by atoms with Crippen molar-refractivity contribution in [3.8, 4) is 0 Å². The first-order chi connectivity index (χ1) is 10.6. The molecule has 0 spiro atoms. The summed E-state index contributed by atoms with van der Waals surface area (Å²) in [5, 5.41) is 7.35. The summed E-state index contributed by atoms with van der Waals surface area (Å²) in [6.45, 7) is 1.94. The van der Waals surface area contributed by atoms with Crippen LogP contribution in [0.5, 0.6) is 0 Å². The fraction of sp³-hybridized carbons (Fsp3) is 0.125. The monoisotopic (exact) mass is 319 g/mol. The molecule has 4 nitrogen and oxygen atoms in total. The molecule has 2 rings (SSSR count). The molecule has 2 aromatic rings. The highest BCUT2D eigenvalue weighted by Gasteiger charge is 2.03. The summed E-state index contributed by atoms with van der Waals surface area (Å²) < 4.78 is 13.3. The molecule has 0 radical (unpaired) electrons.